The SMILES string of the molecule is CCCOS(=O)(=O)C=C(C)C(N)=O. The summed E-state index contributed by atoms with van der Waals surface area (Å²) in [7, 11) is -3.75. The fourth-order valence-corrected chi connectivity index (χ4v) is 1.52. The average molecular weight is 207 g/mol. The van der Waals surface area contributed by atoms with Crippen LogP contribution >= 0.6 is 0 Å². The monoisotopic (exact) mass is 207 g/mol. The Morgan fingerprint density at radius 1 is 1.54 bits per heavy atom. The van der Waals surface area contributed by atoms with Gasteiger partial charge in [-0.05, 0) is 13.3 Å². The van der Waals surface area contributed by atoms with E-state index in [-0.39, 0.29) is 12.2 Å². The van der Waals surface area contributed by atoms with Gasteiger partial charge in [-0.1, -0.05) is 6.92 Å². The molecule has 0 radical (unpaired) electrons. The van der Waals surface area contributed by atoms with Crippen molar-refractivity contribution in [2.24, 2.45) is 5.73 Å². The van der Waals surface area contributed by atoms with Crippen molar-refractivity contribution in [2.45, 2.75) is 20.3 Å². The first-order chi connectivity index (χ1) is 5.89. The molecule has 0 aromatic carbocycles. The van der Waals surface area contributed by atoms with Crippen molar-refractivity contribution in [3.8, 4) is 0 Å². The summed E-state index contributed by atoms with van der Waals surface area (Å²) >= 11 is 0. The second-order valence-electron chi connectivity index (χ2n) is 2.48. The summed E-state index contributed by atoms with van der Waals surface area (Å²) in [6, 6.07) is 0. The van der Waals surface area contributed by atoms with E-state index in [1.807, 2.05) is 0 Å². The molecule has 13 heavy (non-hydrogen) atoms. The maximum Gasteiger partial charge on any atom is 0.290 e. The molecule has 0 rings (SSSR count). The molecule has 2 N–H and O–H groups in total. The molecular formula is C7H13NO4S. The van der Waals surface area contributed by atoms with Gasteiger partial charge in [-0.15, -0.1) is 0 Å². The summed E-state index contributed by atoms with van der Waals surface area (Å²) in [6.45, 7) is 3.19. The Morgan fingerprint density at radius 2 is 2.08 bits per heavy atom. The van der Waals surface area contributed by atoms with Crippen LogP contribution in [0.3, 0.4) is 0 Å². The molecule has 0 saturated carbocycles. The highest BCUT2D eigenvalue weighted by Gasteiger charge is 2.09. The molecule has 0 aromatic rings. The topological polar surface area (TPSA) is 86.5 Å². The van der Waals surface area contributed by atoms with Gasteiger partial charge in [0.05, 0.1) is 12.0 Å². The Kier molecular flexibility index (Phi) is 4.64. The zero-order chi connectivity index (χ0) is 10.5. The van der Waals surface area contributed by atoms with Crippen LogP contribution in [0.2, 0.25) is 0 Å². The van der Waals surface area contributed by atoms with Gasteiger partial charge in [0, 0.05) is 5.57 Å². The first kappa shape index (κ1) is 12.1. The lowest BCUT2D eigenvalue weighted by molar-refractivity contribution is -0.114. The smallest absolute Gasteiger partial charge is 0.290 e. The quantitative estimate of drug-likeness (QED) is 0.513. The first-order valence-electron chi connectivity index (χ1n) is 3.76. The predicted octanol–water partition coefficient (Wildman–Crippen LogP) is 0.132. The molecule has 0 spiro atoms. The van der Waals surface area contributed by atoms with Crippen molar-refractivity contribution >= 4 is 16.0 Å². The average Bonchev–Trinajstić information content (AvgIpc) is 2.00. The van der Waals surface area contributed by atoms with Crippen LogP contribution in [0.25, 0.3) is 0 Å². The molecule has 0 aliphatic rings. The van der Waals surface area contributed by atoms with Crippen LogP contribution < -0.4 is 5.73 Å². The minimum Gasteiger partial charge on any atom is -0.366 e. The van der Waals surface area contributed by atoms with Crippen LogP contribution in [0.1, 0.15) is 20.3 Å². The van der Waals surface area contributed by atoms with Crippen LogP contribution in [-0.4, -0.2) is 20.9 Å². The van der Waals surface area contributed by atoms with E-state index in [2.05, 4.69) is 4.18 Å². The second kappa shape index (κ2) is 4.98. The maximum absolute atomic E-state index is 11.0. The Balaban J connectivity index is 4.50. The van der Waals surface area contributed by atoms with E-state index in [1.165, 1.54) is 6.92 Å². The van der Waals surface area contributed by atoms with Gasteiger partial charge in [-0.3, -0.25) is 8.98 Å². The van der Waals surface area contributed by atoms with Crippen molar-refractivity contribution < 1.29 is 17.4 Å². The van der Waals surface area contributed by atoms with Crippen molar-refractivity contribution in [3.05, 3.63) is 11.0 Å². The van der Waals surface area contributed by atoms with E-state index in [4.69, 9.17) is 5.73 Å². The highest BCUT2D eigenvalue weighted by Crippen LogP contribution is 2.01. The van der Waals surface area contributed by atoms with E-state index in [9.17, 15) is 13.2 Å². The Hall–Kier alpha value is -0.880. The largest absolute Gasteiger partial charge is 0.366 e. The minimum absolute atomic E-state index is 0.0453. The van der Waals surface area contributed by atoms with Crippen LogP contribution in [-0.2, 0) is 19.1 Å². The lowest BCUT2D eigenvalue weighted by Gasteiger charge is -1.99. The normalized spacial score (nSPS) is 12.9. The lowest BCUT2D eigenvalue weighted by atomic mass is 10.3. The number of hydrogen-bond donors (Lipinski definition) is 1. The highest BCUT2D eigenvalue weighted by molar-refractivity contribution is 7.89. The van der Waals surface area contributed by atoms with Gasteiger partial charge in [0.2, 0.25) is 5.91 Å². The fourth-order valence-electron chi connectivity index (χ4n) is 0.508. The summed E-state index contributed by atoms with van der Waals surface area (Å²) in [5.74, 6) is -0.774. The van der Waals surface area contributed by atoms with Crippen LogP contribution in [0.15, 0.2) is 11.0 Å². The molecule has 0 saturated heterocycles. The number of rotatable bonds is 5. The second-order valence-corrected chi connectivity index (χ2v) is 3.94. The van der Waals surface area contributed by atoms with E-state index in [0.29, 0.717) is 6.42 Å². The highest BCUT2D eigenvalue weighted by atomic mass is 32.2. The Morgan fingerprint density at radius 3 is 2.46 bits per heavy atom. The summed E-state index contributed by atoms with van der Waals surface area (Å²) in [4.78, 5) is 10.5. The van der Waals surface area contributed by atoms with Crippen molar-refractivity contribution in [1.29, 1.82) is 0 Å². The molecule has 76 valence electrons. The molecule has 6 heteroatoms. The third-order valence-electron chi connectivity index (χ3n) is 1.16. The predicted molar refractivity (Wildman–Crippen MR) is 48.1 cm³/mol. The van der Waals surface area contributed by atoms with Crippen molar-refractivity contribution in [3.63, 3.8) is 0 Å². The molecule has 0 aliphatic heterocycles. The molecule has 0 atom stereocenters. The van der Waals surface area contributed by atoms with Crippen molar-refractivity contribution in [1.82, 2.24) is 0 Å². The molecular weight excluding hydrogens is 194 g/mol. The maximum atomic E-state index is 11.0. The summed E-state index contributed by atoms with van der Waals surface area (Å²) < 4.78 is 26.5. The standard InChI is InChI=1S/C7H13NO4S/c1-3-4-12-13(10,11)5-6(2)7(8)9/h5H,3-4H2,1-2H3,(H2,8,9). The van der Waals surface area contributed by atoms with Gasteiger partial charge < -0.3 is 5.73 Å². The molecule has 0 unspecified atom stereocenters. The minimum atomic E-state index is -3.75. The number of nitrogens with two attached hydrogens (primary N) is 1. The van der Waals surface area contributed by atoms with Gasteiger partial charge in [0.1, 0.15) is 0 Å². The summed E-state index contributed by atoms with van der Waals surface area (Å²) in [5.41, 5.74) is 4.80. The van der Waals surface area contributed by atoms with Gasteiger partial charge in [-0.25, -0.2) is 0 Å². The van der Waals surface area contributed by atoms with Gasteiger partial charge in [0.25, 0.3) is 10.1 Å². The van der Waals surface area contributed by atoms with E-state index in [0.717, 1.165) is 5.41 Å². The van der Waals surface area contributed by atoms with E-state index >= 15 is 0 Å². The summed E-state index contributed by atoms with van der Waals surface area (Å²) in [5, 5.41) is 0.727. The Bertz CT molecular complexity index is 304. The zero-order valence-electron chi connectivity index (χ0n) is 7.61. The molecule has 5 nitrogen and oxygen atoms in total. The van der Waals surface area contributed by atoms with Crippen LogP contribution in [0.5, 0.6) is 0 Å². The summed E-state index contributed by atoms with van der Waals surface area (Å²) in [6.07, 6.45) is 0.586. The Labute approximate surface area is 77.7 Å². The van der Waals surface area contributed by atoms with E-state index < -0.39 is 16.0 Å². The molecule has 0 heterocycles. The van der Waals surface area contributed by atoms with Gasteiger partial charge in [-0.2, -0.15) is 8.42 Å². The fraction of sp³-hybridized carbons (Fsp3) is 0.571. The van der Waals surface area contributed by atoms with Gasteiger partial charge in [0.15, 0.2) is 0 Å². The molecule has 0 bridgehead atoms. The molecule has 0 aromatic heterocycles. The van der Waals surface area contributed by atoms with Gasteiger partial charge >= 0.3 is 0 Å². The number of carbonyl (C=O) groups is 1. The van der Waals surface area contributed by atoms with Crippen molar-refractivity contribution in [2.75, 3.05) is 6.61 Å². The van der Waals surface area contributed by atoms with Crippen LogP contribution in [0, 0.1) is 0 Å². The molecule has 0 aliphatic carbocycles. The number of primary amides is 1. The first-order valence-corrected chi connectivity index (χ1v) is 5.23. The van der Waals surface area contributed by atoms with E-state index in [1.54, 1.807) is 6.92 Å². The third-order valence-corrected chi connectivity index (χ3v) is 2.30. The number of amides is 1. The number of carbonyl (C=O) groups excluding carboxylic acids is 1. The molecule has 0 fully saturated rings. The van der Waals surface area contributed by atoms with Crippen LogP contribution in [0.4, 0.5) is 0 Å². The zero-order valence-corrected chi connectivity index (χ0v) is 8.43. The molecule has 1 amide bonds. The third kappa shape index (κ3) is 5.37. The number of hydrogen-bond acceptors (Lipinski definition) is 4. The lowest BCUT2D eigenvalue weighted by Crippen LogP contribution is -2.14.